The largest absolute Gasteiger partial charge is 0.490 e. The fourth-order valence-electron chi connectivity index (χ4n) is 3.06. The summed E-state index contributed by atoms with van der Waals surface area (Å²) >= 11 is 0. The molecular weight excluding hydrogens is 338 g/mol. The summed E-state index contributed by atoms with van der Waals surface area (Å²) in [4.78, 5) is 12.9. The van der Waals surface area contributed by atoms with Gasteiger partial charge in [-0.1, -0.05) is 57.4 Å². The van der Waals surface area contributed by atoms with Crippen molar-refractivity contribution in [1.29, 1.82) is 0 Å². The van der Waals surface area contributed by atoms with Gasteiger partial charge in [0.25, 0.3) is 5.91 Å². The molecule has 148 valence electrons. The van der Waals surface area contributed by atoms with Gasteiger partial charge in [-0.3, -0.25) is 4.79 Å². The molecule has 0 spiro atoms. The molecule has 0 aliphatic rings. The van der Waals surface area contributed by atoms with Crippen LogP contribution in [0.25, 0.3) is 10.8 Å². The maximum Gasteiger partial charge on any atom is 0.256 e. The highest BCUT2D eigenvalue weighted by molar-refractivity contribution is 6.06. The summed E-state index contributed by atoms with van der Waals surface area (Å²) in [7, 11) is 1.60. The van der Waals surface area contributed by atoms with Crippen molar-refractivity contribution in [3.63, 3.8) is 0 Å². The lowest BCUT2D eigenvalue weighted by molar-refractivity contribution is -0.136. The molecule has 0 bridgehead atoms. The Labute approximate surface area is 163 Å². The molecule has 0 saturated carbocycles. The van der Waals surface area contributed by atoms with Gasteiger partial charge >= 0.3 is 0 Å². The maximum absolute atomic E-state index is 12.9. The van der Waals surface area contributed by atoms with Crippen molar-refractivity contribution in [2.45, 2.75) is 71.5 Å². The number of ether oxygens (including phenoxy) is 2. The van der Waals surface area contributed by atoms with E-state index in [1.165, 1.54) is 0 Å². The number of hydrogen-bond donors (Lipinski definition) is 1. The highest BCUT2D eigenvalue weighted by atomic mass is 16.5. The second-order valence-corrected chi connectivity index (χ2v) is 7.34. The Balaban J connectivity index is 2.28. The Morgan fingerprint density at radius 3 is 2.44 bits per heavy atom. The van der Waals surface area contributed by atoms with Crippen LogP contribution in [0.1, 0.15) is 59.8 Å². The third kappa shape index (κ3) is 5.23. The molecule has 2 rings (SSSR count). The second-order valence-electron chi connectivity index (χ2n) is 7.34. The van der Waals surface area contributed by atoms with Crippen molar-refractivity contribution in [3.8, 4) is 5.75 Å². The van der Waals surface area contributed by atoms with Crippen LogP contribution in [0.3, 0.4) is 0 Å². The van der Waals surface area contributed by atoms with E-state index in [1.807, 2.05) is 43.3 Å². The van der Waals surface area contributed by atoms with E-state index in [0.29, 0.717) is 6.42 Å². The zero-order chi connectivity index (χ0) is 19.9. The maximum atomic E-state index is 12.9. The highest BCUT2D eigenvalue weighted by Gasteiger charge is 2.32. The number of fused-ring (bicyclic) bond motifs is 1. The number of unbranched alkanes of at least 4 members (excludes halogenated alkanes) is 2. The van der Waals surface area contributed by atoms with Crippen molar-refractivity contribution in [2.24, 2.45) is 0 Å². The number of amides is 1. The van der Waals surface area contributed by atoms with Gasteiger partial charge in [-0.15, -0.1) is 0 Å². The lowest BCUT2D eigenvalue weighted by Crippen LogP contribution is -2.42. The molecule has 0 aromatic heterocycles. The van der Waals surface area contributed by atoms with Crippen LogP contribution in [-0.4, -0.2) is 24.7 Å². The van der Waals surface area contributed by atoms with Crippen LogP contribution in [0.15, 0.2) is 36.4 Å². The molecule has 0 aliphatic carbocycles. The van der Waals surface area contributed by atoms with Gasteiger partial charge < -0.3 is 14.8 Å². The van der Waals surface area contributed by atoms with Gasteiger partial charge in [-0.05, 0) is 38.8 Å². The van der Waals surface area contributed by atoms with Crippen LogP contribution in [0.4, 0.5) is 5.69 Å². The monoisotopic (exact) mass is 371 g/mol. The van der Waals surface area contributed by atoms with Crippen molar-refractivity contribution >= 4 is 22.4 Å². The minimum absolute atomic E-state index is 0.109. The Morgan fingerprint density at radius 1 is 1.11 bits per heavy atom. The number of hydrogen-bond acceptors (Lipinski definition) is 3. The number of rotatable bonds is 10. The summed E-state index contributed by atoms with van der Waals surface area (Å²) in [6.45, 7) is 8.18. The van der Waals surface area contributed by atoms with E-state index < -0.39 is 5.60 Å². The zero-order valence-corrected chi connectivity index (χ0v) is 17.3. The minimum atomic E-state index is -0.831. The number of benzene rings is 2. The number of nitrogens with one attached hydrogen (secondary N) is 1. The van der Waals surface area contributed by atoms with Gasteiger partial charge in [0.2, 0.25) is 0 Å². The minimum Gasteiger partial charge on any atom is -0.490 e. The normalized spacial score (nSPS) is 14.6. The van der Waals surface area contributed by atoms with Crippen molar-refractivity contribution in [3.05, 3.63) is 36.4 Å². The second kappa shape index (κ2) is 9.75. The van der Waals surface area contributed by atoms with E-state index in [9.17, 15) is 4.79 Å². The van der Waals surface area contributed by atoms with E-state index in [4.69, 9.17) is 9.47 Å². The first-order chi connectivity index (χ1) is 12.9. The summed E-state index contributed by atoms with van der Waals surface area (Å²) in [6, 6.07) is 11.9. The Kier molecular flexibility index (Phi) is 7.66. The molecule has 0 fully saturated rings. The first-order valence-corrected chi connectivity index (χ1v) is 10.00. The fourth-order valence-corrected chi connectivity index (χ4v) is 3.06. The third-order valence-corrected chi connectivity index (χ3v) is 5.22. The molecule has 1 amide bonds. The Morgan fingerprint density at radius 2 is 1.81 bits per heavy atom. The topological polar surface area (TPSA) is 47.6 Å². The van der Waals surface area contributed by atoms with Crippen molar-refractivity contribution in [2.75, 3.05) is 12.4 Å². The molecule has 0 heterocycles. The smallest absolute Gasteiger partial charge is 0.256 e. The van der Waals surface area contributed by atoms with Gasteiger partial charge in [0.1, 0.15) is 11.4 Å². The molecule has 2 atom stereocenters. The van der Waals surface area contributed by atoms with Crippen molar-refractivity contribution in [1.82, 2.24) is 0 Å². The van der Waals surface area contributed by atoms with Gasteiger partial charge in [-0.25, -0.2) is 0 Å². The van der Waals surface area contributed by atoms with Gasteiger partial charge in [0, 0.05) is 23.6 Å². The van der Waals surface area contributed by atoms with Crippen LogP contribution < -0.4 is 10.1 Å². The van der Waals surface area contributed by atoms with E-state index in [2.05, 4.69) is 26.1 Å². The van der Waals surface area contributed by atoms with E-state index in [1.54, 1.807) is 7.11 Å². The molecule has 4 nitrogen and oxygen atoms in total. The van der Waals surface area contributed by atoms with Crippen LogP contribution in [0, 0.1) is 0 Å². The van der Waals surface area contributed by atoms with Crippen LogP contribution in [-0.2, 0) is 9.53 Å². The summed E-state index contributed by atoms with van der Waals surface area (Å²) in [5, 5.41) is 5.05. The van der Waals surface area contributed by atoms with Crippen molar-refractivity contribution < 1.29 is 14.3 Å². The number of anilines is 1. The van der Waals surface area contributed by atoms with Gasteiger partial charge in [0.15, 0.2) is 0 Å². The van der Waals surface area contributed by atoms with Crippen LogP contribution in [0.5, 0.6) is 5.75 Å². The SMILES string of the molecule is CCCCC[C@](C)(OC)C(=O)Nc1ccc(O[C@@H](C)CC)c2ccccc12. The third-order valence-electron chi connectivity index (χ3n) is 5.22. The van der Waals surface area contributed by atoms with E-state index in [-0.39, 0.29) is 12.0 Å². The molecule has 0 saturated heterocycles. The van der Waals surface area contributed by atoms with Gasteiger partial charge in [-0.2, -0.15) is 0 Å². The molecule has 1 N–H and O–H groups in total. The predicted molar refractivity (Wildman–Crippen MR) is 113 cm³/mol. The molecule has 2 aromatic rings. The average molecular weight is 372 g/mol. The number of carbonyl (C=O) groups excluding carboxylic acids is 1. The fraction of sp³-hybridized carbons (Fsp3) is 0.522. The average Bonchev–Trinajstić information content (AvgIpc) is 2.69. The van der Waals surface area contributed by atoms with Crippen LogP contribution >= 0.6 is 0 Å². The summed E-state index contributed by atoms with van der Waals surface area (Å²) in [6.07, 6.45) is 4.97. The standard InChI is InChI=1S/C23H33NO3/c1-6-8-11-16-23(4,26-5)22(25)24-20-14-15-21(27-17(3)7-2)19-13-10-9-12-18(19)20/h9-10,12-15,17H,6-8,11,16H2,1-5H3,(H,24,25)/t17-,23-/m0/s1. The first kappa shape index (κ1) is 21.2. The molecule has 0 unspecified atom stereocenters. The number of carbonyl (C=O) groups is 1. The summed E-state index contributed by atoms with van der Waals surface area (Å²) < 4.78 is 11.6. The van der Waals surface area contributed by atoms with E-state index in [0.717, 1.165) is 47.9 Å². The lowest BCUT2D eigenvalue weighted by atomic mass is 9.96. The van der Waals surface area contributed by atoms with E-state index >= 15 is 0 Å². The van der Waals surface area contributed by atoms with Crippen LogP contribution in [0.2, 0.25) is 0 Å². The molecular formula is C23H33NO3. The molecule has 27 heavy (non-hydrogen) atoms. The zero-order valence-electron chi connectivity index (χ0n) is 17.3. The number of methoxy groups -OCH3 is 1. The first-order valence-electron chi connectivity index (χ1n) is 10.00. The summed E-state index contributed by atoms with van der Waals surface area (Å²) in [5.41, 5.74) is -0.0480. The van der Waals surface area contributed by atoms with Gasteiger partial charge in [0.05, 0.1) is 6.10 Å². The lowest BCUT2D eigenvalue weighted by Gasteiger charge is -2.27. The molecule has 0 aliphatic heterocycles. The molecule has 2 aromatic carbocycles. The highest BCUT2D eigenvalue weighted by Crippen LogP contribution is 2.33. The Hall–Kier alpha value is -2.07. The molecule has 0 radical (unpaired) electrons. The summed E-state index contributed by atoms with van der Waals surface area (Å²) in [5.74, 6) is 0.734. The molecule has 4 heteroatoms. The predicted octanol–water partition coefficient (Wildman–Crippen LogP) is 5.94. The quantitative estimate of drug-likeness (QED) is 0.526. The Bertz CT molecular complexity index is 758.